The van der Waals surface area contributed by atoms with E-state index < -0.39 is 0 Å². The van der Waals surface area contributed by atoms with Crippen LogP contribution in [0, 0.1) is 11.3 Å². The summed E-state index contributed by atoms with van der Waals surface area (Å²) in [4.78, 5) is 0. The summed E-state index contributed by atoms with van der Waals surface area (Å²) in [5.41, 5.74) is 7.37. The third-order valence-corrected chi connectivity index (χ3v) is 4.25. The fourth-order valence-corrected chi connectivity index (χ4v) is 4.15. The zero-order valence-electron chi connectivity index (χ0n) is 7.10. The van der Waals surface area contributed by atoms with Crippen molar-refractivity contribution in [3.05, 3.63) is 0 Å². The first kappa shape index (κ1) is 6.47. The predicted molar refractivity (Wildman–Crippen MR) is 45.2 cm³/mol. The Morgan fingerprint density at radius 3 is 2.55 bits per heavy atom. The number of nitrogens with two attached hydrogens (primary N) is 1. The lowest BCUT2D eigenvalue weighted by molar-refractivity contribution is -0.0845. The van der Waals surface area contributed by atoms with Crippen molar-refractivity contribution in [1.29, 1.82) is 0 Å². The molecule has 4 aliphatic carbocycles. The average molecular weight is 151 g/mol. The Morgan fingerprint density at radius 1 is 1.09 bits per heavy atom. The maximum absolute atomic E-state index is 6.32. The highest BCUT2D eigenvalue weighted by Crippen LogP contribution is 2.63. The number of hydrogen-bond donors (Lipinski definition) is 1. The standard InChI is InChI=1S/C10H17N/c11-10-3-1-2-9(7-10)4-8(5-9)6-10/h8H,1-7,11H2. The third kappa shape index (κ3) is 0.752. The SMILES string of the molecule is NC12CCCC3(CC(C1)C3)C2. The molecule has 0 aromatic rings. The first-order chi connectivity index (χ1) is 5.20. The van der Waals surface area contributed by atoms with Crippen LogP contribution in [0.5, 0.6) is 0 Å². The molecular weight excluding hydrogens is 134 g/mol. The molecule has 0 aromatic heterocycles. The van der Waals surface area contributed by atoms with E-state index in [1.165, 1.54) is 44.9 Å². The van der Waals surface area contributed by atoms with Crippen LogP contribution in [0.2, 0.25) is 0 Å². The van der Waals surface area contributed by atoms with E-state index >= 15 is 0 Å². The molecule has 4 saturated carbocycles. The van der Waals surface area contributed by atoms with Crippen LogP contribution in [0.15, 0.2) is 0 Å². The van der Waals surface area contributed by atoms with E-state index in [9.17, 15) is 0 Å². The quantitative estimate of drug-likeness (QED) is 0.563. The normalized spacial score (nSPS) is 60.3. The highest BCUT2D eigenvalue weighted by Gasteiger charge is 2.56. The first-order valence-electron chi connectivity index (χ1n) is 4.99. The molecule has 4 aliphatic rings. The minimum absolute atomic E-state index is 0.291. The predicted octanol–water partition coefficient (Wildman–Crippen LogP) is 2.06. The largest absolute Gasteiger partial charge is 0.325 e. The number of hydrogen-bond acceptors (Lipinski definition) is 1. The summed E-state index contributed by atoms with van der Waals surface area (Å²) in [6.07, 6.45) is 9.94. The summed E-state index contributed by atoms with van der Waals surface area (Å²) >= 11 is 0. The van der Waals surface area contributed by atoms with Crippen molar-refractivity contribution in [3.8, 4) is 0 Å². The van der Waals surface area contributed by atoms with E-state index in [1.807, 2.05) is 0 Å². The Bertz CT molecular complexity index is 182. The van der Waals surface area contributed by atoms with E-state index in [4.69, 9.17) is 5.73 Å². The van der Waals surface area contributed by atoms with Gasteiger partial charge in [-0.15, -0.1) is 0 Å². The van der Waals surface area contributed by atoms with Crippen molar-refractivity contribution in [1.82, 2.24) is 0 Å². The Morgan fingerprint density at radius 2 is 1.91 bits per heavy atom. The van der Waals surface area contributed by atoms with Gasteiger partial charge in [-0.25, -0.2) is 0 Å². The van der Waals surface area contributed by atoms with Gasteiger partial charge in [0.25, 0.3) is 0 Å². The second-order valence-corrected chi connectivity index (χ2v) is 5.37. The second kappa shape index (κ2) is 1.66. The molecule has 1 unspecified atom stereocenters. The van der Waals surface area contributed by atoms with Crippen molar-refractivity contribution in [3.63, 3.8) is 0 Å². The van der Waals surface area contributed by atoms with Gasteiger partial charge in [0.15, 0.2) is 0 Å². The van der Waals surface area contributed by atoms with E-state index in [1.54, 1.807) is 0 Å². The van der Waals surface area contributed by atoms with E-state index in [-0.39, 0.29) is 0 Å². The maximum Gasteiger partial charge on any atom is 0.0162 e. The molecule has 4 fully saturated rings. The van der Waals surface area contributed by atoms with Gasteiger partial charge in [0, 0.05) is 5.54 Å². The molecule has 0 aromatic carbocycles. The topological polar surface area (TPSA) is 26.0 Å². The van der Waals surface area contributed by atoms with Crippen LogP contribution in [-0.2, 0) is 0 Å². The smallest absolute Gasteiger partial charge is 0.0162 e. The fourth-order valence-electron chi connectivity index (χ4n) is 4.15. The molecule has 1 nitrogen and oxygen atoms in total. The Kier molecular flexibility index (Phi) is 0.976. The van der Waals surface area contributed by atoms with Gasteiger partial charge in [0.2, 0.25) is 0 Å². The van der Waals surface area contributed by atoms with Crippen molar-refractivity contribution in [2.75, 3.05) is 0 Å². The third-order valence-electron chi connectivity index (χ3n) is 4.25. The molecule has 2 N–H and O–H groups in total. The fraction of sp³-hybridized carbons (Fsp3) is 1.00. The van der Waals surface area contributed by atoms with Gasteiger partial charge in [0.1, 0.15) is 0 Å². The van der Waals surface area contributed by atoms with Gasteiger partial charge in [0.05, 0.1) is 0 Å². The molecule has 0 heterocycles. The monoisotopic (exact) mass is 151 g/mol. The molecule has 0 aliphatic heterocycles. The van der Waals surface area contributed by atoms with Crippen molar-refractivity contribution < 1.29 is 0 Å². The van der Waals surface area contributed by atoms with Crippen LogP contribution in [0.1, 0.15) is 44.9 Å². The molecule has 4 rings (SSSR count). The van der Waals surface area contributed by atoms with Crippen molar-refractivity contribution >= 4 is 0 Å². The summed E-state index contributed by atoms with van der Waals surface area (Å²) in [5.74, 6) is 1.02. The van der Waals surface area contributed by atoms with E-state index in [0.29, 0.717) is 5.54 Å². The summed E-state index contributed by atoms with van der Waals surface area (Å²) in [6.45, 7) is 0. The Balaban J connectivity index is 1.93. The summed E-state index contributed by atoms with van der Waals surface area (Å²) in [7, 11) is 0. The summed E-state index contributed by atoms with van der Waals surface area (Å²) < 4.78 is 0. The Labute approximate surface area is 68.3 Å². The average Bonchev–Trinajstić information content (AvgIpc) is 1.81. The summed E-state index contributed by atoms with van der Waals surface area (Å²) in [5, 5.41) is 0. The molecule has 0 amide bonds. The van der Waals surface area contributed by atoms with E-state index in [2.05, 4.69) is 0 Å². The molecule has 0 saturated heterocycles. The Hall–Kier alpha value is -0.0400. The van der Waals surface area contributed by atoms with Crippen LogP contribution in [0.3, 0.4) is 0 Å². The minimum atomic E-state index is 0.291. The van der Waals surface area contributed by atoms with Crippen LogP contribution in [-0.4, -0.2) is 5.54 Å². The lowest BCUT2D eigenvalue weighted by Gasteiger charge is -2.62. The first-order valence-corrected chi connectivity index (χ1v) is 4.99. The van der Waals surface area contributed by atoms with Crippen LogP contribution in [0.25, 0.3) is 0 Å². The van der Waals surface area contributed by atoms with Crippen molar-refractivity contribution in [2.45, 2.75) is 50.5 Å². The molecule has 1 atom stereocenters. The zero-order valence-corrected chi connectivity index (χ0v) is 7.10. The van der Waals surface area contributed by atoms with Gasteiger partial charge in [-0.2, -0.15) is 0 Å². The van der Waals surface area contributed by atoms with Crippen molar-refractivity contribution in [2.24, 2.45) is 17.1 Å². The molecule has 1 spiro atoms. The second-order valence-electron chi connectivity index (χ2n) is 5.37. The molecule has 1 heteroatoms. The van der Waals surface area contributed by atoms with Gasteiger partial charge >= 0.3 is 0 Å². The van der Waals surface area contributed by atoms with Crippen LogP contribution >= 0.6 is 0 Å². The highest BCUT2D eigenvalue weighted by atomic mass is 14.8. The minimum Gasteiger partial charge on any atom is -0.325 e. The lowest BCUT2D eigenvalue weighted by Crippen LogP contribution is -2.60. The lowest BCUT2D eigenvalue weighted by atomic mass is 9.45. The number of rotatable bonds is 0. The molecule has 62 valence electrons. The van der Waals surface area contributed by atoms with Gasteiger partial charge in [-0.1, -0.05) is 6.42 Å². The van der Waals surface area contributed by atoms with Crippen LogP contribution < -0.4 is 5.73 Å². The zero-order chi connectivity index (χ0) is 7.53. The molecular formula is C10H17N. The highest BCUT2D eigenvalue weighted by molar-refractivity contribution is 5.10. The van der Waals surface area contributed by atoms with Gasteiger partial charge in [-0.3, -0.25) is 0 Å². The van der Waals surface area contributed by atoms with Crippen LogP contribution in [0.4, 0.5) is 0 Å². The van der Waals surface area contributed by atoms with Gasteiger partial charge < -0.3 is 5.73 Å². The maximum atomic E-state index is 6.32. The molecule has 11 heavy (non-hydrogen) atoms. The summed E-state index contributed by atoms with van der Waals surface area (Å²) in [6, 6.07) is 0. The van der Waals surface area contributed by atoms with E-state index in [0.717, 1.165) is 11.3 Å². The molecule has 3 bridgehead atoms. The molecule has 0 radical (unpaired) electrons. The van der Waals surface area contributed by atoms with Gasteiger partial charge in [-0.05, 0) is 49.9 Å².